The second kappa shape index (κ2) is 8.74. The number of hydrogen-bond acceptors (Lipinski definition) is 4. The molecule has 0 spiro atoms. The van der Waals surface area contributed by atoms with E-state index in [-0.39, 0.29) is 25.9 Å². The number of pyridine rings is 1. The number of rotatable bonds is 4. The fraction of sp³-hybridized carbons (Fsp3) is 0.294. The summed E-state index contributed by atoms with van der Waals surface area (Å²) in [6.45, 7) is 4.03. The molecular weight excluding hydrogens is 420 g/mol. The SMILES string of the molecule is O=C(Nc1cccc(CN2CCOCC2)c1)c1nc(Cl)c(Cl)c(Cl)c1Cl. The molecular formula is C17H15Cl4N3O2. The Morgan fingerprint density at radius 1 is 1.12 bits per heavy atom. The van der Waals surface area contributed by atoms with E-state index < -0.39 is 5.91 Å². The quantitative estimate of drug-likeness (QED) is 0.703. The highest BCUT2D eigenvalue weighted by molar-refractivity contribution is 6.52. The van der Waals surface area contributed by atoms with Gasteiger partial charge in [0, 0.05) is 25.3 Å². The molecule has 1 fully saturated rings. The number of hydrogen-bond donors (Lipinski definition) is 1. The molecule has 26 heavy (non-hydrogen) atoms. The molecule has 1 aromatic carbocycles. The average molecular weight is 435 g/mol. The van der Waals surface area contributed by atoms with Gasteiger partial charge >= 0.3 is 0 Å². The maximum atomic E-state index is 12.5. The Morgan fingerprint density at radius 2 is 1.85 bits per heavy atom. The summed E-state index contributed by atoms with van der Waals surface area (Å²) in [5.41, 5.74) is 1.63. The number of ether oxygens (including phenoxy) is 1. The van der Waals surface area contributed by atoms with Gasteiger partial charge in [-0.2, -0.15) is 0 Å². The highest BCUT2D eigenvalue weighted by atomic mass is 35.5. The zero-order valence-electron chi connectivity index (χ0n) is 13.6. The van der Waals surface area contributed by atoms with Gasteiger partial charge in [0.1, 0.15) is 10.8 Å². The van der Waals surface area contributed by atoms with Gasteiger partial charge in [-0.25, -0.2) is 4.98 Å². The highest BCUT2D eigenvalue weighted by Gasteiger charge is 2.20. The maximum absolute atomic E-state index is 12.5. The predicted octanol–water partition coefficient (Wildman–Crippen LogP) is 4.78. The first-order valence-electron chi connectivity index (χ1n) is 7.86. The predicted molar refractivity (Wildman–Crippen MR) is 105 cm³/mol. The molecule has 138 valence electrons. The second-order valence-electron chi connectivity index (χ2n) is 5.74. The molecule has 0 aliphatic carbocycles. The Balaban J connectivity index is 1.74. The van der Waals surface area contributed by atoms with Crippen molar-refractivity contribution < 1.29 is 9.53 Å². The fourth-order valence-electron chi connectivity index (χ4n) is 2.59. The highest BCUT2D eigenvalue weighted by Crippen LogP contribution is 2.36. The number of benzene rings is 1. The first-order valence-corrected chi connectivity index (χ1v) is 9.37. The number of halogens is 4. The zero-order chi connectivity index (χ0) is 18.7. The van der Waals surface area contributed by atoms with Crippen molar-refractivity contribution in [3.63, 3.8) is 0 Å². The summed E-state index contributed by atoms with van der Waals surface area (Å²) in [6.07, 6.45) is 0. The molecule has 0 atom stereocenters. The number of nitrogens with zero attached hydrogens (tertiary/aromatic N) is 2. The Bertz CT molecular complexity index is 826. The van der Waals surface area contributed by atoms with E-state index in [4.69, 9.17) is 51.1 Å². The molecule has 2 heterocycles. The molecule has 0 saturated carbocycles. The zero-order valence-corrected chi connectivity index (χ0v) is 16.6. The van der Waals surface area contributed by atoms with Crippen molar-refractivity contribution in [1.29, 1.82) is 0 Å². The Hall–Kier alpha value is -1.08. The molecule has 2 aromatic rings. The topological polar surface area (TPSA) is 54.5 Å². The summed E-state index contributed by atoms with van der Waals surface area (Å²) < 4.78 is 5.35. The fourth-order valence-corrected chi connectivity index (χ4v) is 3.41. The monoisotopic (exact) mass is 433 g/mol. The van der Waals surface area contributed by atoms with Crippen LogP contribution >= 0.6 is 46.4 Å². The van der Waals surface area contributed by atoms with Crippen LogP contribution in [-0.2, 0) is 11.3 Å². The van der Waals surface area contributed by atoms with Crippen LogP contribution in [-0.4, -0.2) is 42.1 Å². The first-order chi connectivity index (χ1) is 12.5. The van der Waals surface area contributed by atoms with Gasteiger partial charge in [0.05, 0.1) is 28.3 Å². The summed E-state index contributed by atoms with van der Waals surface area (Å²) in [7, 11) is 0. The van der Waals surface area contributed by atoms with E-state index in [0.29, 0.717) is 5.69 Å². The van der Waals surface area contributed by atoms with E-state index in [0.717, 1.165) is 38.4 Å². The van der Waals surface area contributed by atoms with Crippen molar-refractivity contribution in [2.75, 3.05) is 31.6 Å². The summed E-state index contributed by atoms with van der Waals surface area (Å²) in [6, 6.07) is 7.57. The molecule has 0 radical (unpaired) electrons. The van der Waals surface area contributed by atoms with Gasteiger partial charge in [-0.3, -0.25) is 9.69 Å². The van der Waals surface area contributed by atoms with Gasteiger partial charge in [-0.1, -0.05) is 58.5 Å². The normalized spacial score (nSPS) is 15.1. The van der Waals surface area contributed by atoms with Crippen LogP contribution in [0.5, 0.6) is 0 Å². The van der Waals surface area contributed by atoms with Crippen molar-refractivity contribution in [2.24, 2.45) is 0 Å². The third-order valence-electron chi connectivity index (χ3n) is 3.89. The van der Waals surface area contributed by atoms with Crippen LogP contribution in [0, 0.1) is 0 Å². The minimum Gasteiger partial charge on any atom is -0.379 e. The van der Waals surface area contributed by atoms with E-state index in [1.54, 1.807) is 6.07 Å². The van der Waals surface area contributed by atoms with Crippen LogP contribution in [0.2, 0.25) is 20.2 Å². The van der Waals surface area contributed by atoms with E-state index in [1.165, 1.54) is 0 Å². The van der Waals surface area contributed by atoms with E-state index in [2.05, 4.69) is 15.2 Å². The first kappa shape index (κ1) is 19.7. The molecule has 0 bridgehead atoms. The molecule has 1 aromatic heterocycles. The number of carbonyl (C=O) groups is 1. The van der Waals surface area contributed by atoms with Crippen LogP contribution in [0.15, 0.2) is 24.3 Å². The van der Waals surface area contributed by atoms with Gasteiger partial charge in [0.2, 0.25) is 0 Å². The smallest absolute Gasteiger partial charge is 0.275 e. The molecule has 1 amide bonds. The lowest BCUT2D eigenvalue weighted by atomic mass is 10.1. The molecule has 9 heteroatoms. The molecule has 1 saturated heterocycles. The standard InChI is InChI=1S/C17H15Cl4N3O2/c18-12-13(19)15(23-16(21)14(12)20)17(25)22-11-3-1-2-10(8-11)9-24-4-6-26-7-5-24/h1-3,8H,4-7,9H2,(H,22,25). The van der Waals surface area contributed by atoms with Crippen LogP contribution in [0.25, 0.3) is 0 Å². The maximum Gasteiger partial charge on any atom is 0.275 e. The van der Waals surface area contributed by atoms with Crippen molar-refractivity contribution >= 4 is 58.0 Å². The van der Waals surface area contributed by atoms with Gasteiger partial charge in [-0.15, -0.1) is 0 Å². The minimum atomic E-state index is -0.515. The number of amides is 1. The van der Waals surface area contributed by atoms with Crippen molar-refractivity contribution in [1.82, 2.24) is 9.88 Å². The Kier molecular flexibility index (Phi) is 6.61. The van der Waals surface area contributed by atoms with Gasteiger partial charge in [0.15, 0.2) is 0 Å². The number of anilines is 1. The van der Waals surface area contributed by atoms with Crippen molar-refractivity contribution in [3.05, 3.63) is 55.7 Å². The Labute approximate surface area is 171 Å². The van der Waals surface area contributed by atoms with Crippen molar-refractivity contribution in [3.8, 4) is 0 Å². The molecule has 1 aliphatic heterocycles. The molecule has 1 N–H and O–H groups in total. The Morgan fingerprint density at radius 3 is 2.58 bits per heavy atom. The summed E-state index contributed by atoms with van der Waals surface area (Å²) in [5, 5.41) is 2.66. The van der Waals surface area contributed by atoms with E-state index in [1.807, 2.05) is 18.2 Å². The third-order valence-corrected chi connectivity index (χ3v) is 5.57. The molecule has 5 nitrogen and oxygen atoms in total. The van der Waals surface area contributed by atoms with Gasteiger partial charge < -0.3 is 10.1 Å². The summed E-state index contributed by atoms with van der Waals surface area (Å²) in [4.78, 5) is 18.7. The van der Waals surface area contributed by atoms with E-state index >= 15 is 0 Å². The molecule has 3 rings (SSSR count). The summed E-state index contributed by atoms with van der Waals surface area (Å²) in [5.74, 6) is -0.515. The van der Waals surface area contributed by atoms with Crippen LogP contribution in [0.1, 0.15) is 16.1 Å². The van der Waals surface area contributed by atoms with E-state index in [9.17, 15) is 4.79 Å². The van der Waals surface area contributed by atoms with Crippen LogP contribution in [0.3, 0.4) is 0 Å². The molecule has 1 aliphatic rings. The van der Waals surface area contributed by atoms with Crippen molar-refractivity contribution in [2.45, 2.75) is 6.54 Å². The number of aromatic nitrogens is 1. The minimum absolute atomic E-state index is 0.000415. The average Bonchev–Trinajstić information content (AvgIpc) is 2.64. The number of morpholine rings is 1. The van der Waals surface area contributed by atoms with Gasteiger partial charge in [0.25, 0.3) is 5.91 Å². The number of nitrogens with one attached hydrogen (secondary N) is 1. The number of carbonyl (C=O) groups excluding carboxylic acids is 1. The lowest BCUT2D eigenvalue weighted by molar-refractivity contribution is 0.0342. The third kappa shape index (κ3) is 4.60. The van der Waals surface area contributed by atoms with Crippen LogP contribution in [0.4, 0.5) is 5.69 Å². The van der Waals surface area contributed by atoms with Gasteiger partial charge in [-0.05, 0) is 17.7 Å². The largest absolute Gasteiger partial charge is 0.379 e. The van der Waals surface area contributed by atoms with Crippen LogP contribution < -0.4 is 5.32 Å². The molecule has 0 unspecified atom stereocenters. The summed E-state index contributed by atoms with van der Waals surface area (Å²) >= 11 is 23.8. The lowest BCUT2D eigenvalue weighted by Crippen LogP contribution is -2.35. The second-order valence-corrected chi connectivity index (χ2v) is 7.23. The lowest BCUT2D eigenvalue weighted by Gasteiger charge is -2.26.